The van der Waals surface area contributed by atoms with Gasteiger partial charge in [0.15, 0.2) is 0 Å². The zero-order chi connectivity index (χ0) is 16.7. The maximum atomic E-state index is 12.9. The quantitative estimate of drug-likeness (QED) is 0.786. The molecule has 0 spiro atoms. The summed E-state index contributed by atoms with van der Waals surface area (Å²) in [4.78, 5) is 27.4. The van der Waals surface area contributed by atoms with E-state index in [0.29, 0.717) is 11.6 Å². The zero-order valence-electron chi connectivity index (χ0n) is 13.0. The van der Waals surface area contributed by atoms with E-state index in [4.69, 9.17) is 0 Å². The molecule has 0 aliphatic carbocycles. The Kier molecular flexibility index (Phi) is 3.17. The predicted molar refractivity (Wildman–Crippen MR) is 89.7 cm³/mol. The molecular weight excluding hydrogens is 304 g/mol. The molecule has 4 rings (SSSR count). The van der Waals surface area contributed by atoms with Crippen LogP contribution < -0.4 is 9.80 Å². The number of carbonyl (C=O) groups excluding carboxylic acids is 1. The number of nitrogens with zero attached hydrogens (tertiary/aromatic N) is 5. The number of urea groups is 1. The van der Waals surface area contributed by atoms with Crippen LogP contribution >= 0.6 is 0 Å². The van der Waals surface area contributed by atoms with Crippen molar-refractivity contribution in [3.8, 4) is 6.07 Å². The molecule has 1 N–H and O–H groups in total. The smallest absolute Gasteiger partial charge is 0.330 e. The number of benzene rings is 1. The van der Waals surface area contributed by atoms with Crippen LogP contribution in [0.3, 0.4) is 0 Å². The van der Waals surface area contributed by atoms with Crippen molar-refractivity contribution >= 4 is 28.4 Å². The van der Waals surface area contributed by atoms with Crippen molar-refractivity contribution < 1.29 is 4.79 Å². The van der Waals surface area contributed by atoms with Gasteiger partial charge in [0, 0.05) is 23.2 Å². The summed E-state index contributed by atoms with van der Waals surface area (Å²) in [5.41, 5.74) is 1.42. The lowest BCUT2D eigenvalue weighted by Gasteiger charge is -2.20. The lowest BCUT2D eigenvalue weighted by Crippen LogP contribution is -2.35. The van der Waals surface area contributed by atoms with Gasteiger partial charge in [-0.15, -0.1) is 0 Å². The zero-order valence-corrected chi connectivity index (χ0v) is 13.0. The Balaban J connectivity index is 1.81. The Morgan fingerprint density at radius 3 is 2.92 bits per heavy atom. The van der Waals surface area contributed by atoms with Gasteiger partial charge in [-0.05, 0) is 6.92 Å². The molecular formula is C17H14N6O. The van der Waals surface area contributed by atoms with E-state index < -0.39 is 6.04 Å². The van der Waals surface area contributed by atoms with Gasteiger partial charge in [0.2, 0.25) is 5.95 Å². The van der Waals surface area contributed by atoms with E-state index in [1.165, 1.54) is 9.80 Å². The number of pyridine rings is 1. The van der Waals surface area contributed by atoms with Crippen molar-refractivity contribution in [3.63, 3.8) is 0 Å². The van der Waals surface area contributed by atoms with Crippen molar-refractivity contribution in [1.82, 2.24) is 15.0 Å². The van der Waals surface area contributed by atoms with Gasteiger partial charge in [-0.25, -0.2) is 9.78 Å². The van der Waals surface area contributed by atoms with Gasteiger partial charge in [0.25, 0.3) is 0 Å². The molecule has 3 aromatic rings. The lowest BCUT2D eigenvalue weighted by molar-refractivity contribution is 0.255. The summed E-state index contributed by atoms with van der Waals surface area (Å²) in [6.45, 7) is 2.10. The highest BCUT2D eigenvalue weighted by molar-refractivity contribution is 6.11. The highest BCUT2D eigenvalue weighted by Crippen LogP contribution is 2.32. The number of amides is 2. The Hall–Kier alpha value is -3.40. The summed E-state index contributed by atoms with van der Waals surface area (Å²) in [6.07, 6.45) is 5.10. The van der Waals surface area contributed by atoms with Crippen LogP contribution in [0.15, 0.2) is 42.9 Å². The summed E-state index contributed by atoms with van der Waals surface area (Å²) in [6, 6.07) is 9.00. The molecule has 0 radical (unpaired) electrons. The van der Waals surface area contributed by atoms with Gasteiger partial charge in [-0.2, -0.15) is 5.26 Å². The minimum atomic E-state index is -0.601. The largest absolute Gasteiger partial charge is 0.332 e. The van der Waals surface area contributed by atoms with Crippen LogP contribution in [-0.4, -0.2) is 33.6 Å². The first-order valence-corrected chi connectivity index (χ1v) is 7.54. The maximum absolute atomic E-state index is 12.9. The number of hydrogen-bond acceptors (Lipinski definition) is 4. The molecule has 1 aliphatic heterocycles. The molecule has 1 atom stereocenters. The first kappa shape index (κ1) is 14.2. The fourth-order valence-electron chi connectivity index (χ4n) is 2.97. The number of carbonyl (C=O) groups is 1. The second kappa shape index (κ2) is 5.35. The topological polar surface area (TPSA) is 88.9 Å². The molecule has 1 aliphatic rings. The molecule has 0 unspecified atom stereocenters. The highest BCUT2D eigenvalue weighted by atomic mass is 16.2. The maximum Gasteiger partial charge on any atom is 0.332 e. The van der Waals surface area contributed by atoms with Crippen molar-refractivity contribution in [2.24, 2.45) is 0 Å². The number of hydrogen-bond donors (Lipinski definition) is 1. The van der Waals surface area contributed by atoms with Crippen molar-refractivity contribution in [2.45, 2.75) is 13.0 Å². The number of fused-ring (bicyclic) bond motifs is 1. The molecule has 2 amide bonds. The van der Waals surface area contributed by atoms with Crippen LogP contribution in [0.5, 0.6) is 0 Å². The molecule has 1 fully saturated rings. The van der Waals surface area contributed by atoms with Crippen molar-refractivity contribution in [3.05, 3.63) is 48.5 Å². The number of nitrogens with one attached hydrogen (secondary N) is 1. The van der Waals surface area contributed by atoms with E-state index in [2.05, 4.69) is 21.0 Å². The van der Waals surface area contributed by atoms with E-state index in [1.807, 2.05) is 31.2 Å². The van der Waals surface area contributed by atoms with Crippen LogP contribution in [0.2, 0.25) is 0 Å². The van der Waals surface area contributed by atoms with Gasteiger partial charge in [-0.3, -0.25) is 14.8 Å². The van der Waals surface area contributed by atoms with Crippen molar-refractivity contribution in [1.29, 1.82) is 5.26 Å². The van der Waals surface area contributed by atoms with Crippen LogP contribution in [-0.2, 0) is 0 Å². The third kappa shape index (κ3) is 2.08. The van der Waals surface area contributed by atoms with Gasteiger partial charge in [0.05, 0.1) is 30.2 Å². The number of aryl methyl sites for hydroxylation is 1. The second-order valence-corrected chi connectivity index (χ2v) is 5.65. The SMILES string of the molecule is Cc1c[nH]c(N2C[C@H](C#N)N(c3cncc4ccccc34)C2=O)n1. The first-order chi connectivity index (χ1) is 11.7. The fraction of sp³-hybridized carbons (Fsp3) is 0.176. The standard InChI is InChI=1S/C17H14N6O/c1-11-7-20-16(21-11)22-10-13(6-18)23(17(22)24)15-9-19-8-12-4-2-3-5-14(12)15/h2-5,7-9,13H,10H2,1H3,(H,20,21)/t13-/m0/s1. The first-order valence-electron chi connectivity index (χ1n) is 7.54. The molecule has 0 saturated carbocycles. The van der Waals surface area contributed by atoms with E-state index in [1.54, 1.807) is 18.6 Å². The summed E-state index contributed by atoms with van der Waals surface area (Å²) < 4.78 is 0. The van der Waals surface area contributed by atoms with Gasteiger partial charge in [0.1, 0.15) is 6.04 Å². The van der Waals surface area contributed by atoms with Crippen LogP contribution in [0.1, 0.15) is 5.69 Å². The lowest BCUT2D eigenvalue weighted by atomic mass is 10.1. The monoisotopic (exact) mass is 318 g/mol. The number of anilines is 2. The van der Waals surface area contributed by atoms with Crippen LogP contribution in [0, 0.1) is 18.3 Å². The Labute approximate surface area is 138 Å². The van der Waals surface area contributed by atoms with E-state index in [0.717, 1.165) is 16.5 Å². The number of nitriles is 1. The summed E-state index contributed by atoms with van der Waals surface area (Å²) >= 11 is 0. The molecule has 1 aromatic carbocycles. The third-order valence-corrected chi connectivity index (χ3v) is 4.11. The number of aromatic amines is 1. The number of aromatic nitrogens is 3. The van der Waals surface area contributed by atoms with Crippen LogP contribution in [0.4, 0.5) is 16.4 Å². The average molecular weight is 318 g/mol. The van der Waals surface area contributed by atoms with Crippen LogP contribution in [0.25, 0.3) is 10.8 Å². The minimum Gasteiger partial charge on any atom is -0.330 e. The van der Waals surface area contributed by atoms with Gasteiger partial charge in [-0.1, -0.05) is 24.3 Å². The molecule has 3 heterocycles. The Morgan fingerprint density at radius 1 is 1.33 bits per heavy atom. The molecule has 118 valence electrons. The summed E-state index contributed by atoms with van der Waals surface area (Å²) in [5, 5.41) is 11.3. The second-order valence-electron chi connectivity index (χ2n) is 5.65. The van der Waals surface area contributed by atoms with E-state index >= 15 is 0 Å². The predicted octanol–water partition coefficient (Wildman–Crippen LogP) is 2.61. The van der Waals surface area contributed by atoms with Crippen molar-refractivity contribution in [2.75, 3.05) is 16.3 Å². The molecule has 7 nitrogen and oxygen atoms in total. The number of rotatable bonds is 2. The fourth-order valence-corrected chi connectivity index (χ4v) is 2.97. The van der Waals surface area contributed by atoms with Gasteiger partial charge < -0.3 is 4.98 Å². The molecule has 1 saturated heterocycles. The van der Waals surface area contributed by atoms with Gasteiger partial charge >= 0.3 is 6.03 Å². The van der Waals surface area contributed by atoms with E-state index in [-0.39, 0.29) is 12.6 Å². The molecule has 2 aromatic heterocycles. The Morgan fingerprint density at radius 2 is 2.17 bits per heavy atom. The highest BCUT2D eigenvalue weighted by Gasteiger charge is 2.41. The molecule has 24 heavy (non-hydrogen) atoms. The molecule has 0 bridgehead atoms. The normalized spacial score (nSPS) is 17.5. The van der Waals surface area contributed by atoms with E-state index in [9.17, 15) is 10.1 Å². The average Bonchev–Trinajstić information content (AvgIpc) is 3.17. The minimum absolute atomic E-state index is 0.255. The number of H-pyrrole nitrogens is 1. The number of imidazole rings is 1. The third-order valence-electron chi connectivity index (χ3n) is 4.11. The summed E-state index contributed by atoms with van der Waals surface area (Å²) in [5.74, 6) is 0.452. The molecule has 7 heteroatoms. The Bertz CT molecular complexity index is 967. The summed E-state index contributed by atoms with van der Waals surface area (Å²) in [7, 11) is 0.